The average molecular weight is 323 g/mol. The van der Waals surface area contributed by atoms with E-state index in [0.717, 1.165) is 18.3 Å². The Balaban J connectivity index is 3.29. The first-order valence-corrected chi connectivity index (χ1v) is 9.71. The summed E-state index contributed by atoms with van der Waals surface area (Å²) in [5.41, 5.74) is 0. The Morgan fingerprint density at radius 2 is 1.05 bits per heavy atom. The Bertz CT molecular complexity index is 192. The number of hydrogen-bond acceptors (Lipinski definition) is 0. The van der Waals surface area contributed by atoms with Crippen LogP contribution >= 0.6 is 23.2 Å². The van der Waals surface area contributed by atoms with Gasteiger partial charge in [-0.15, -0.1) is 23.2 Å². The molecule has 0 radical (unpaired) electrons. The third-order valence-corrected chi connectivity index (χ3v) is 4.76. The molecule has 0 bridgehead atoms. The minimum atomic E-state index is -0.175. The normalized spacial score (nSPS) is 14.7. The quantitative estimate of drug-likeness (QED) is 0.226. The maximum Gasteiger partial charge on any atom is 0.107 e. The molecule has 0 amide bonds. The van der Waals surface area contributed by atoms with Gasteiger partial charge in [-0.2, -0.15) is 0 Å². The van der Waals surface area contributed by atoms with Crippen molar-refractivity contribution in [2.24, 2.45) is 11.8 Å². The molecule has 2 heteroatoms. The van der Waals surface area contributed by atoms with Gasteiger partial charge in [0, 0.05) is 0 Å². The minimum Gasteiger partial charge on any atom is -0.105 e. The van der Waals surface area contributed by atoms with E-state index in [1.54, 1.807) is 0 Å². The van der Waals surface area contributed by atoms with Crippen LogP contribution in [0.4, 0.5) is 0 Å². The molecule has 0 aliphatic heterocycles. The van der Waals surface area contributed by atoms with Crippen molar-refractivity contribution in [2.75, 3.05) is 0 Å². The van der Waals surface area contributed by atoms with E-state index < -0.39 is 0 Å². The standard InChI is InChI=1S/C18H36Cl2/c1-4-5-6-8-11-16(2)12-9-7-10-13-17(3)14-15-18(19)20/h16-18H,4-15H2,1-3H3. The molecule has 0 N–H and O–H groups in total. The lowest BCUT2D eigenvalue weighted by Gasteiger charge is -2.13. The molecule has 0 aliphatic carbocycles. The van der Waals surface area contributed by atoms with Gasteiger partial charge < -0.3 is 0 Å². The second kappa shape index (κ2) is 14.5. The molecule has 0 aromatic heterocycles. The van der Waals surface area contributed by atoms with Crippen LogP contribution in [0.3, 0.4) is 0 Å². The molecule has 20 heavy (non-hydrogen) atoms. The number of unbranched alkanes of at least 4 members (excludes halogenated alkanes) is 5. The van der Waals surface area contributed by atoms with Crippen molar-refractivity contribution in [3.05, 3.63) is 0 Å². The fourth-order valence-corrected chi connectivity index (χ4v) is 3.03. The van der Waals surface area contributed by atoms with Crippen LogP contribution in [0, 0.1) is 11.8 Å². The molecule has 0 aromatic carbocycles. The van der Waals surface area contributed by atoms with Crippen LogP contribution in [0.15, 0.2) is 0 Å². The van der Waals surface area contributed by atoms with Crippen LogP contribution in [0.25, 0.3) is 0 Å². The largest absolute Gasteiger partial charge is 0.107 e. The van der Waals surface area contributed by atoms with E-state index in [9.17, 15) is 0 Å². The van der Waals surface area contributed by atoms with Gasteiger partial charge in [0.25, 0.3) is 0 Å². The second-order valence-electron chi connectivity index (χ2n) is 6.67. The molecule has 0 heterocycles. The van der Waals surface area contributed by atoms with Crippen LogP contribution in [0.2, 0.25) is 0 Å². The van der Waals surface area contributed by atoms with Crippen LogP contribution < -0.4 is 0 Å². The zero-order valence-corrected chi connectivity index (χ0v) is 15.5. The Labute approximate surface area is 138 Å². The average Bonchev–Trinajstić information content (AvgIpc) is 2.41. The molecular weight excluding hydrogens is 287 g/mol. The van der Waals surface area contributed by atoms with Crippen molar-refractivity contribution in [1.29, 1.82) is 0 Å². The van der Waals surface area contributed by atoms with Crippen molar-refractivity contribution >= 4 is 23.2 Å². The predicted octanol–water partition coefficient (Wildman–Crippen LogP) is 7.76. The zero-order valence-electron chi connectivity index (χ0n) is 14.0. The summed E-state index contributed by atoms with van der Waals surface area (Å²) >= 11 is 11.5. The third kappa shape index (κ3) is 15.0. The van der Waals surface area contributed by atoms with Crippen molar-refractivity contribution in [3.63, 3.8) is 0 Å². The van der Waals surface area contributed by atoms with Gasteiger partial charge in [-0.25, -0.2) is 0 Å². The van der Waals surface area contributed by atoms with Crippen LogP contribution in [-0.4, -0.2) is 4.84 Å². The lowest BCUT2D eigenvalue weighted by atomic mass is 9.94. The summed E-state index contributed by atoms with van der Waals surface area (Å²) < 4.78 is 0. The molecule has 0 aromatic rings. The maximum atomic E-state index is 5.77. The summed E-state index contributed by atoms with van der Waals surface area (Å²) in [5, 5.41) is 0. The van der Waals surface area contributed by atoms with Gasteiger partial charge in [0.2, 0.25) is 0 Å². The number of halogens is 2. The smallest absolute Gasteiger partial charge is 0.105 e. The van der Waals surface area contributed by atoms with Gasteiger partial charge in [0.05, 0.1) is 0 Å². The molecule has 2 unspecified atom stereocenters. The molecule has 0 nitrogen and oxygen atoms in total. The molecule has 0 aliphatic rings. The SMILES string of the molecule is CCCCCCC(C)CCCCCC(C)CCC(Cl)Cl. The van der Waals surface area contributed by atoms with E-state index in [-0.39, 0.29) is 4.84 Å². The van der Waals surface area contributed by atoms with Gasteiger partial charge in [-0.3, -0.25) is 0 Å². The maximum absolute atomic E-state index is 5.77. The van der Waals surface area contributed by atoms with Crippen LogP contribution in [0.1, 0.15) is 97.8 Å². The van der Waals surface area contributed by atoms with Crippen molar-refractivity contribution in [2.45, 2.75) is 103 Å². The van der Waals surface area contributed by atoms with Crippen LogP contribution in [0.5, 0.6) is 0 Å². The number of rotatable bonds is 14. The first-order chi connectivity index (χ1) is 9.56. The first kappa shape index (κ1) is 20.6. The molecule has 122 valence electrons. The Hall–Kier alpha value is 0.580. The van der Waals surface area contributed by atoms with Gasteiger partial charge in [0.15, 0.2) is 0 Å². The molecule has 0 spiro atoms. The van der Waals surface area contributed by atoms with Gasteiger partial charge in [0.1, 0.15) is 4.84 Å². The van der Waals surface area contributed by atoms with Crippen molar-refractivity contribution < 1.29 is 0 Å². The molecule has 0 rings (SSSR count). The Morgan fingerprint density at radius 3 is 1.50 bits per heavy atom. The topological polar surface area (TPSA) is 0 Å². The fraction of sp³-hybridized carbons (Fsp3) is 1.00. The number of hydrogen-bond donors (Lipinski definition) is 0. The highest BCUT2D eigenvalue weighted by molar-refractivity contribution is 6.44. The highest BCUT2D eigenvalue weighted by Crippen LogP contribution is 2.21. The summed E-state index contributed by atoms with van der Waals surface area (Å²) in [6.45, 7) is 7.03. The summed E-state index contributed by atoms with van der Waals surface area (Å²) in [6.07, 6.45) is 16.1. The van der Waals surface area contributed by atoms with E-state index in [1.807, 2.05) is 0 Å². The molecular formula is C18H36Cl2. The van der Waals surface area contributed by atoms with E-state index in [1.165, 1.54) is 70.6 Å². The van der Waals surface area contributed by atoms with Crippen molar-refractivity contribution in [3.8, 4) is 0 Å². The second-order valence-corrected chi connectivity index (χ2v) is 7.94. The highest BCUT2D eigenvalue weighted by Gasteiger charge is 2.06. The van der Waals surface area contributed by atoms with E-state index in [4.69, 9.17) is 23.2 Å². The van der Waals surface area contributed by atoms with Gasteiger partial charge >= 0.3 is 0 Å². The van der Waals surface area contributed by atoms with E-state index >= 15 is 0 Å². The molecule has 0 fully saturated rings. The fourth-order valence-electron chi connectivity index (χ4n) is 2.78. The van der Waals surface area contributed by atoms with Gasteiger partial charge in [-0.1, -0.05) is 85.0 Å². The summed E-state index contributed by atoms with van der Waals surface area (Å²) in [5.74, 6) is 1.71. The summed E-state index contributed by atoms with van der Waals surface area (Å²) in [4.78, 5) is -0.175. The highest BCUT2D eigenvalue weighted by atomic mass is 35.5. The minimum absolute atomic E-state index is 0.175. The van der Waals surface area contributed by atoms with Gasteiger partial charge in [-0.05, 0) is 24.7 Å². The first-order valence-electron chi connectivity index (χ1n) is 8.84. The lowest BCUT2D eigenvalue weighted by molar-refractivity contribution is 0.415. The van der Waals surface area contributed by atoms with Crippen LogP contribution in [-0.2, 0) is 0 Å². The number of alkyl halides is 2. The molecule has 0 saturated carbocycles. The third-order valence-electron chi connectivity index (χ3n) is 4.32. The summed E-state index contributed by atoms with van der Waals surface area (Å²) in [7, 11) is 0. The molecule has 0 saturated heterocycles. The van der Waals surface area contributed by atoms with E-state index in [0.29, 0.717) is 0 Å². The Kier molecular flexibility index (Phi) is 14.9. The molecule has 2 atom stereocenters. The zero-order chi connectivity index (χ0) is 15.2. The lowest BCUT2D eigenvalue weighted by Crippen LogP contribution is -1.99. The van der Waals surface area contributed by atoms with Crippen molar-refractivity contribution in [1.82, 2.24) is 0 Å². The van der Waals surface area contributed by atoms with E-state index in [2.05, 4.69) is 20.8 Å². The Morgan fingerprint density at radius 1 is 0.600 bits per heavy atom. The predicted molar refractivity (Wildman–Crippen MR) is 94.9 cm³/mol. The monoisotopic (exact) mass is 322 g/mol. The summed E-state index contributed by atoms with van der Waals surface area (Å²) in [6, 6.07) is 0.